The van der Waals surface area contributed by atoms with Crippen LogP contribution in [0.2, 0.25) is 0 Å². The SMILES string of the molecule is CCN(Cc1ccc2ccccc2c1)CC1CCNCC1. The molecule has 0 aromatic heterocycles. The Labute approximate surface area is 128 Å². The maximum absolute atomic E-state index is 3.46. The molecular weight excluding hydrogens is 256 g/mol. The van der Waals surface area contributed by atoms with Crippen LogP contribution in [0.3, 0.4) is 0 Å². The first-order valence-corrected chi connectivity index (χ1v) is 8.26. The van der Waals surface area contributed by atoms with Crippen LogP contribution in [0.15, 0.2) is 42.5 Å². The summed E-state index contributed by atoms with van der Waals surface area (Å²) in [5.41, 5.74) is 1.43. The molecule has 0 radical (unpaired) electrons. The third-order valence-electron chi connectivity index (χ3n) is 4.64. The molecule has 0 amide bonds. The van der Waals surface area contributed by atoms with E-state index in [0.29, 0.717) is 0 Å². The average molecular weight is 282 g/mol. The minimum atomic E-state index is 0.867. The van der Waals surface area contributed by atoms with Crippen LogP contribution in [-0.4, -0.2) is 31.1 Å². The molecule has 1 N–H and O–H groups in total. The molecule has 0 aliphatic carbocycles. The van der Waals surface area contributed by atoms with Crippen molar-refractivity contribution in [2.45, 2.75) is 26.3 Å². The molecule has 21 heavy (non-hydrogen) atoms. The van der Waals surface area contributed by atoms with Gasteiger partial charge in [-0.05, 0) is 60.8 Å². The number of hydrogen-bond acceptors (Lipinski definition) is 2. The summed E-state index contributed by atoms with van der Waals surface area (Å²) in [6, 6.07) is 15.5. The molecule has 0 unspecified atom stereocenters. The molecule has 0 saturated carbocycles. The highest BCUT2D eigenvalue weighted by Crippen LogP contribution is 2.19. The van der Waals surface area contributed by atoms with Gasteiger partial charge in [0.25, 0.3) is 0 Å². The van der Waals surface area contributed by atoms with Crippen LogP contribution < -0.4 is 5.32 Å². The lowest BCUT2D eigenvalue weighted by molar-refractivity contribution is 0.207. The molecule has 1 saturated heterocycles. The highest BCUT2D eigenvalue weighted by atomic mass is 15.1. The predicted molar refractivity (Wildman–Crippen MR) is 90.5 cm³/mol. The van der Waals surface area contributed by atoms with Crippen molar-refractivity contribution in [2.75, 3.05) is 26.2 Å². The van der Waals surface area contributed by atoms with E-state index >= 15 is 0 Å². The Morgan fingerprint density at radius 3 is 2.57 bits per heavy atom. The van der Waals surface area contributed by atoms with Crippen molar-refractivity contribution in [1.82, 2.24) is 10.2 Å². The molecule has 0 spiro atoms. The first-order chi connectivity index (χ1) is 10.3. The molecule has 3 rings (SSSR count). The standard InChI is InChI=1S/C19H26N2/c1-2-21(14-16-9-11-20-12-10-16)15-17-7-8-18-5-3-4-6-19(18)13-17/h3-8,13,16,20H,2,9-12,14-15H2,1H3. The summed E-state index contributed by atoms with van der Waals surface area (Å²) in [6.45, 7) is 8.12. The van der Waals surface area contributed by atoms with Crippen LogP contribution in [-0.2, 0) is 6.54 Å². The minimum Gasteiger partial charge on any atom is -0.317 e. The van der Waals surface area contributed by atoms with Crippen LogP contribution in [0.25, 0.3) is 10.8 Å². The Morgan fingerprint density at radius 2 is 1.81 bits per heavy atom. The first-order valence-electron chi connectivity index (χ1n) is 8.26. The molecule has 2 nitrogen and oxygen atoms in total. The Hall–Kier alpha value is -1.38. The fourth-order valence-electron chi connectivity index (χ4n) is 3.33. The summed E-state index contributed by atoms with van der Waals surface area (Å²) >= 11 is 0. The predicted octanol–water partition coefficient (Wildman–Crippen LogP) is 3.66. The van der Waals surface area contributed by atoms with Gasteiger partial charge >= 0.3 is 0 Å². The molecule has 2 heteroatoms. The van der Waals surface area contributed by atoms with Gasteiger partial charge in [0.15, 0.2) is 0 Å². The fraction of sp³-hybridized carbons (Fsp3) is 0.474. The second-order valence-electron chi connectivity index (χ2n) is 6.20. The van der Waals surface area contributed by atoms with Crippen molar-refractivity contribution in [3.63, 3.8) is 0 Å². The summed E-state index contributed by atoms with van der Waals surface area (Å²) in [6.07, 6.45) is 2.66. The van der Waals surface area contributed by atoms with Crippen molar-refractivity contribution in [1.29, 1.82) is 0 Å². The van der Waals surface area contributed by atoms with E-state index in [4.69, 9.17) is 0 Å². The van der Waals surface area contributed by atoms with E-state index < -0.39 is 0 Å². The number of hydrogen-bond donors (Lipinski definition) is 1. The lowest BCUT2D eigenvalue weighted by atomic mass is 9.97. The van der Waals surface area contributed by atoms with Gasteiger partial charge in [0.1, 0.15) is 0 Å². The maximum atomic E-state index is 3.46. The van der Waals surface area contributed by atoms with E-state index in [0.717, 1.165) is 19.0 Å². The molecule has 0 bridgehead atoms. The van der Waals surface area contributed by atoms with Crippen molar-refractivity contribution in [3.05, 3.63) is 48.0 Å². The largest absolute Gasteiger partial charge is 0.317 e. The summed E-state index contributed by atoms with van der Waals surface area (Å²) in [7, 11) is 0. The average Bonchev–Trinajstić information content (AvgIpc) is 2.55. The van der Waals surface area contributed by atoms with Crippen LogP contribution in [0, 0.1) is 5.92 Å². The van der Waals surface area contributed by atoms with Gasteiger partial charge in [0.05, 0.1) is 0 Å². The third kappa shape index (κ3) is 3.84. The number of piperidine rings is 1. The smallest absolute Gasteiger partial charge is 0.0233 e. The van der Waals surface area contributed by atoms with E-state index in [1.54, 1.807) is 0 Å². The molecule has 1 aliphatic rings. The van der Waals surface area contributed by atoms with E-state index in [1.165, 1.54) is 48.8 Å². The van der Waals surface area contributed by atoms with Gasteiger partial charge in [-0.1, -0.05) is 43.3 Å². The second kappa shape index (κ2) is 7.06. The Kier molecular flexibility index (Phi) is 4.89. The van der Waals surface area contributed by atoms with Gasteiger partial charge in [0, 0.05) is 13.1 Å². The first kappa shape index (κ1) is 14.6. The van der Waals surface area contributed by atoms with Crippen molar-refractivity contribution < 1.29 is 0 Å². The van der Waals surface area contributed by atoms with Gasteiger partial charge in [-0.2, -0.15) is 0 Å². The van der Waals surface area contributed by atoms with Crippen molar-refractivity contribution >= 4 is 10.8 Å². The van der Waals surface area contributed by atoms with Gasteiger partial charge in [-0.3, -0.25) is 4.90 Å². The lowest BCUT2D eigenvalue weighted by Gasteiger charge is -2.29. The van der Waals surface area contributed by atoms with Crippen molar-refractivity contribution in [3.8, 4) is 0 Å². The molecular formula is C19H26N2. The Balaban J connectivity index is 1.66. The Bertz CT molecular complexity index is 573. The van der Waals surface area contributed by atoms with Gasteiger partial charge in [-0.15, -0.1) is 0 Å². The summed E-state index contributed by atoms with van der Waals surface area (Å²) < 4.78 is 0. The molecule has 1 heterocycles. The van der Waals surface area contributed by atoms with Gasteiger partial charge < -0.3 is 5.32 Å². The Morgan fingerprint density at radius 1 is 1.05 bits per heavy atom. The zero-order valence-corrected chi connectivity index (χ0v) is 13.0. The zero-order valence-electron chi connectivity index (χ0n) is 13.0. The summed E-state index contributed by atoms with van der Waals surface area (Å²) in [5.74, 6) is 0.867. The van der Waals surface area contributed by atoms with Gasteiger partial charge in [0.2, 0.25) is 0 Å². The van der Waals surface area contributed by atoms with Crippen LogP contribution >= 0.6 is 0 Å². The van der Waals surface area contributed by atoms with E-state index in [-0.39, 0.29) is 0 Å². The number of nitrogens with one attached hydrogen (secondary N) is 1. The molecule has 112 valence electrons. The molecule has 1 aliphatic heterocycles. The summed E-state index contributed by atoms with van der Waals surface area (Å²) in [4.78, 5) is 2.60. The van der Waals surface area contributed by atoms with Crippen LogP contribution in [0.4, 0.5) is 0 Å². The van der Waals surface area contributed by atoms with E-state index in [2.05, 4.69) is 59.6 Å². The second-order valence-corrected chi connectivity index (χ2v) is 6.20. The van der Waals surface area contributed by atoms with Crippen LogP contribution in [0.5, 0.6) is 0 Å². The lowest BCUT2D eigenvalue weighted by Crippen LogP contribution is -2.35. The monoisotopic (exact) mass is 282 g/mol. The quantitative estimate of drug-likeness (QED) is 0.900. The highest BCUT2D eigenvalue weighted by Gasteiger charge is 2.16. The van der Waals surface area contributed by atoms with Crippen molar-refractivity contribution in [2.24, 2.45) is 5.92 Å². The van der Waals surface area contributed by atoms with E-state index in [1.807, 2.05) is 0 Å². The number of rotatable bonds is 5. The highest BCUT2D eigenvalue weighted by molar-refractivity contribution is 5.82. The number of fused-ring (bicyclic) bond motifs is 1. The van der Waals surface area contributed by atoms with Crippen LogP contribution in [0.1, 0.15) is 25.3 Å². The molecule has 1 fully saturated rings. The molecule has 0 atom stereocenters. The summed E-state index contributed by atoms with van der Waals surface area (Å²) in [5, 5.41) is 6.15. The van der Waals surface area contributed by atoms with Gasteiger partial charge in [-0.25, -0.2) is 0 Å². The zero-order chi connectivity index (χ0) is 14.5. The number of benzene rings is 2. The molecule has 2 aromatic carbocycles. The molecule has 2 aromatic rings. The van der Waals surface area contributed by atoms with E-state index in [9.17, 15) is 0 Å². The normalized spacial score (nSPS) is 16.7. The number of nitrogens with zero attached hydrogens (tertiary/aromatic N) is 1. The minimum absolute atomic E-state index is 0.867. The topological polar surface area (TPSA) is 15.3 Å². The fourth-order valence-corrected chi connectivity index (χ4v) is 3.33. The third-order valence-corrected chi connectivity index (χ3v) is 4.64. The maximum Gasteiger partial charge on any atom is 0.0233 e.